The van der Waals surface area contributed by atoms with E-state index in [9.17, 15) is 9.50 Å². The van der Waals surface area contributed by atoms with Crippen LogP contribution in [0, 0.1) is 11.7 Å². The Labute approximate surface area is 167 Å². The van der Waals surface area contributed by atoms with Gasteiger partial charge in [0.1, 0.15) is 17.3 Å². The smallest absolute Gasteiger partial charge is 0.147 e. The van der Waals surface area contributed by atoms with Gasteiger partial charge in [-0.15, -0.1) is 0 Å². The molecular weight excluding hydrogens is 379 g/mol. The summed E-state index contributed by atoms with van der Waals surface area (Å²) in [6.07, 6.45) is 6.83. The topological polar surface area (TPSA) is 62.1 Å². The molecule has 3 heterocycles. The SMILES string of the molecule is OCC1CCN(c2cnc(-c3ccc(F)cc3)c(-c3ccncc3Cl)n2)CC1. The minimum absolute atomic E-state index is 0.223. The summed E-state index contributed by atoms with van der Waals surface area (Å²) in [4.78, 5) is 15.8. The second-order valence-corrected chi connectivity index (χ2v) is 7.31. The van der Waals surface area contributed by atoms with Gasteiger partial charge in [0.15, 0.2) is 0 Å². The van der Waals surface area contributed by atoms with Crippen LogP contribution in [0.5, 0.6) is 0 Å². The number of aliphatic hydroxyl groups excluding tert-OH is 1. The van der Waals surface area contributed by atoms with E-state index in [-0.39, 0.29) is 12.4 Å². The summed E-state index contributed by atoms with van der Waals surface area (Å²) < 4.78 is 13.4. The molecule has 1 aliphatic heterocycles. The maximum absolute atomic E-state index is 13.4. The summed E-state index contributed by atoms with van der Waals surface area (Å²) in [5.41, 5.74) is 2.78. The van der Waals surface area contributed by atoms with E-state index in [1.165, 1.54) is 12.1 Å². The van der Waals surface area contributed by atoms with E-state index in [0.29, 0.717) is 22.3 Å². The Hall–Kier alpha value is -2.57. The van der Waals surface area contributed by atoms with Crippen LogP contribution >= 0.6 is 11.6 Å². The van der Waals surface area contributed by atoms with E-state index in [1.807, 2.05) is 0 Å². The Morgan fingerprint density at radius 2 is 1.82 bits per heavy atom. The molecule has 1 fully saturated rings. The van der Waals surface area contributed by atoms with Crippen molar-refractivity contribution in [1.29, 1.82) is 0 Å². The van der Waals surface area contributed by atoms with E-state index in [0.717, 1.165) is 42.9 Å². The predicted molar refractivity (Wildman–Crippen MR) is 108 cm³/mol. The van der Waals surface area contributed by atoms with Crippen molar-refractivity contribution in [3.05, 3.63) is 59.8 Å². The molecule has 0 amide bonds. The molecule has 28 heavy (non-hydrogen) atoms. The number of pyridine rings is 1. The van der Waals surface area contributed by atoms with Crippen molar-refractivity contribution in [2.45, 2.75) is 12.8 Å². The van der Waals surface area contributed by atoms with Gasteiger partial charge in [-0.05, 0) is 49.1 Å². The number of nitrogens with zero attached hydrogens (tertiary/aromatic N) is 4. The maximum Gasteiger partial charge on any atom is 0.147 e. The third-order valence-corrected chi connectivity index (χ3v) is 5.40. The highest BCUT2D eigenvalue weighted by Crippen LogP contribution is 2.34. The fraction of sp³-hybridized carbons (Fsp3) is 0.286. The van der Waals surface area contributed by atoms with Gasteiger partial charge >= 0.3 is 0 Å². The molecule has 0 bridgehead atoms. The minimum Gasteiger partial charge on any atom is -0.396 e. The second kappa shape index (κ2) is 8.20. The lowest BCUT2D eigenvalue weighted by atomic mass is 9.98. The molecule has 2 aromatic heterocycles. The molecule has 0 saturated carbocycles. The predicted octanol–water partition coefficient (Wildman–Crippen LogP) is 4.21. The normalized spacial score (nSPS) is 15.0. The van der Waals surface area contributed by atoms with Gasteiger partial charge in [-0.3, -0.25) is 9.97 Å². The van der Waals surface area contributed by atoms with Gasteiger partial charge in [0, 0.05) is 43.2 Å². The zero-order chi connectivity index (χ0) is 19.5. The average molecular weight is 399 g/mol. The first kappa shape index (κ1) is 18.8. The lowest BCUT2D eigenvalue weighted by Crippen LogP contribution is -2.35. The summed E-state index contributed by atoms with van der Waals surface area (Å²) in [6, 6.07) is 7.99. The van der Waals surface area contributed by atoms with Crippen molar-refractivity contribution < 1.29 is 9.50 Å². The highest BCUT2D eigenvalue weighted by atomic mass is 35.5. The Balaban J connectivity index is 1.77. The average Bonchev–Trinajstić information content (AvgIpc) is 2.74. The lowest BCUT2D eigenvalue weighted by Gasteiger charge is -2.32. The molecular formula is C21H20ClFN4O. The van der Waals surface area contributed by atoms with Crippen molar-refractivity contribution in [2.75, 3.05) is 24.6 Å². The van der Waals surface area contributed by atoms with Crippen molar-refractivity contribution in [2.24, 2.45) is 5.92 Å². The van der Waals surface area contributed by atoms with Crippen LogP contribution in [0.4, 0.5) is 10.2 Å². The van der Waals surface area contributed by atoms with Crippen LogP contribution in [0.2, 0.25) is 5.02 Å². The molecule has 0 spiro atoms. The van der Waals surface area contributed by atoms with Crippen LogP contribution in [0.15, 0.2) is 48.9 Å². The van der Waals surface area contributed by atoms with E-state index in [2.05, 4.69) is 14.9 Å². The number of piperidine rings is 1. The highest BCUT2D eigenvalue weighted by Gasteiger charge is 2.22. The Kier molecular flexibility index (Phi) is 5.50. The van der Waals surface area contributed by atoms with Gasteiger partial charge in [0.05, 0.1) is 16.9 Å². The Bertz CT molecular complexity index is 959. The third-order valence-electron chi connectivity index (χ3n) is 5.10. The van der Waals surface area contributed by atoms with Gasteiger partial charge in [0.25, 0.3) is 0 Å². The number of aromatic nitrogens is 3. The summed E-state index contributed by atoms with van der Waals surface area (Å²) >= 11 is 6.39. The molecule has 0 radical (unpaired) electrons. The van der Waals surface area contributed by atoms with Crippen LogP contribution in [0.25, 0.3) is 22.5 Å². The standard InChI is InChI=1S/C21H20ClFN4O/c22-18-11-24-8-5-17(18)21-20(15-1-3-16(23)4-2-15)25-12-19(26-21)27-9-6-14(13-28)7-10-27/h1-5,8,11-12,14,28H,6-7,9-10,13H2. The van der Waals surface area contributed by atoms with Crippen LogP contribution in [0.3, 0.4) is 0 Å². The summed E-state index contributed by atoms with van der Waals surface area (Å²) in [5.74, 6) is 0.811. The largest absolute Gasteiger partial charge is 0.396 e. The lowest BCUT2D eigenvalue weighted by molar-refractivity contribution is 0.203. The molecule has 7 heteroatoms. The maximum atomic E-state index is 13.4. The van der Waals surface area contributed by atoms with Crippen molar-refractivity contribution in [1.82, 2.24) is 15.0 Å². The molecule has 144 valence electrons. The first-order valence-electron chi connectivity index (χ1n) is 9.24. The number of halogens is 2. The second-order valence-electron chi connectivity index (χ2n) is 6.90. The molecule has 1 aliphatic rings. The molecule has 0 atom stereocenters. The van der Waals surface area contributed by atoms with Crippen molar-refractivity contribution in [3.8, 4) is 22.5 Å². The third kappa shape index (κ3) is 3.84. The van der Waals surface area contributed by atoms with E-state index in [1.54, 1.807) is 36.8 Å². The van der Waals surface area contributed by atoms with E-state index < -0.39 is 0 Å². The molecule has 1 N–H and O–H groups in total. The fourth-order valence-corrected chi connectivity index (χ4v) is 3.66. The van der Waals surface area contributed by atoms with Crippen LogP contribution in [-0.4, -0.2) is 39.8 Å². The van der Waals surface area contributed by atoms with Gasteiger partial charge in [-0.1, -0.05) is 11.6 Å². The van der Waals surface area contributed by atoms with Crippen LogP contribution in [0.1, 0.15) is 12.8 Å². The van der Waals surface area contributed by atoms with E-state index >= 15 is 0 Å². The van der Waals surface area contributed by atoms with Gasteiger partial charge in [0.2, 0.25) is 0 Å². The minimum atomic E-state index is -0.302. The molecule has 4 rings (SSSR count). The number of rotatable bonds is 4. The Morgan fingerprint density at radius 1 is 1.07 bits per heavy atom. The summed E-state index contributed by atoms with van der Waals surface area (Å²) in [7, 11) is 0. The highest BCUT2D eigenvalue weighted by molar-refractivity contribution is 6.33. The van der Waals surface area contributed by atoms with Gasteiger partial charge in [-0.25, -0.2) is 9.37 Å². The number of hydrogen-bond donors (Lipinski definition) is 1. The molecule has 0 unspecified atom stereocenters. The Morgan fingerprint density at radius 3 is 2.50 bits per heavy atom. The summed E-state index contributed by atoms with van der Waals surface area (Å²) in [5, 5.41) is 9.84. The number of anilines is 1. The van der Waals surface area contributed by atoms with Crippen molar-refractivity contribution >= 4 is 17.4 Å². The van der Waals surface area contributed by atoms with Crippen LogP contribution in [-0.2, 0) is 0 Å². The van der Waals surface area contributed by atoms with Crippen LogP contribution < -0.4 is 4.90 Å². The molecule has 3 aromatic rings. The fourth-order valence-electron chi connectivity index (χ4n) is 3.45. The monoisotopic (exact) mass is 398 g/mol. The number of benzene rings is 1. The zero-order valence-electron chi connectivity index (χ0n) is 15.2. The summed E-state index contributed by atoms with van der Waals surface area (Å²) in [6.45, 7) is 1.86. The number of hydrogen-bond acceptors (Lipinski definition) is 5. The quantitative estimate of drug-likeness (QED) is 0.713. The number of aliphatic hydroxyl groups is 1. The van der Waals surface area contributed by atoms with Gasteiger partial charge < -0.3 is 10.0 Å². The molecule has 1 saturated heterocycles. The zero-order valence-corrected chi connectivity index (χ0v) is 16.0. The molecule has 1 aromatic carbocycles. The first-order valence-corrected chi connectivity index (χ1v) is 9.62. The molecule has 5 nitrogen and oxygen atoms in total. The molecule has 0 aliphatic carbocycles. The van der Waals surface area contributed by atoms with E-state index in [4.69, 9.17) is 16.6 Å². The first-order chi connectivity index (χ1) is 13.7. The van der Waals surface area contributed by atoms with Crippen molar-refractivity contribution in [3.63, 3.8) is 0 Å². The van der Waals surface area contributed by atoms with Gasteiger partial charge in [-0.2, -0.15) is 0 Å².